The summed E-state index contributed by atoms with van der Waals surface area (Å²) in [6.45, 7) is 2.19. The summed E-state index contributed by atoms with van der Waals surface area (Å²) >= 11 is 0. The van der Waals surface area contributed by atoms with E-state index in [1.807, 2.05) is 5.92 Å². The van der Waals surface area contributed by atoms with E-state index in [4.69, 9.17) is 5.11 Å². The molecule has 92 valence electrons. The number of carboxylic acids is 1. The molecule has 0 radical (unpaired) electrons. The van der Waals surface area contributed by atoms with E-state index in [0.717, 1.165) is 12.8 Å². The van der Waals surface area contributed by atoms with Crippen LogP contribution in [0.5, 0.6) is 0 Å². The summed E-state index contributed by atoms with van der Waals surface area (Å²) in [7, 11) is 0. The van der Waals surface area contributed by atoms with Gasteiger partial charge in [-0.3, -0.25) is 0 Å². The third-order valence-corrected chi connectivity index (χ3v) is 1.98. The van der Waals surface area contributed by atoms with Crippen molar-refractivity contribution in [3.63, 3.8) is 0 Å². The Hall–Kier alpha value is -2.29. The summed E-state index contributed by atoms with van der Waals surface area (Å²) in [6, 6.07) is 0. The Labute approximate surface area is 109 Å². The summed E-state index contributed by atoms with van der Waals surface area (Å²) in [5, 5.41) is 8.19. The van der Waals surface area contributed by atoms with Crippen LogP contribution in [0, 0.1) is 47.4 Å². The molecule has 0 atom stereocenters. The van der Waals surface area contributed by atoms with Crippen molar-refractivity contribution >= 4 is 5.97 Å². The molecule has 18 heavy (non-hydrogen) atoms. The number of carbonyl (C=O) groups is 1. The highest BCUT2D eigenvalue weighted by molar-refractivity contribution is 5.87. The first-order chi connectivity index (χ1) is 8.77. The lowest BCUT2D eigenvalue weighted by atomic mass is 10.1. The fourth-order valence-corrected chi connectivity index (χ4v) is 1.13. The molecular formula is C16H16O2. The lowest BCUT2D eigenvalue weighted by Crippen LogP contribution is -1.85. The van der Waals surface area contributed by atoms with Crippen molar-refractivity contribution < 1.29 is 9.90 Å². The average molecular weight is 240 g/mol. The van der Waals surface area contributed by atoms with E-state index >= 15 is 0 Å². The predicted octanol–water partition coefficient (Wildman–Crippen LogP) is 2.45. The minimum absolute atomic E-state index is 0.866. The molecule has 0 rings (SSSR count). The van der Waals surface area contributed by atoms with Gasteiger partial charge in [0.05, 0.1) is 0 Å². The molecule has 0 aliphatic carbocycles. The molecule has 0 aliphatic rings. The van der Waals surface area contributed by atoms with Crippen molar-refractivity contribution in [3.8, 4) is 47.4 Å². The third kappa shape index (κ3) is 13.7. The van der Waals surface area contributed by atoms with Gasteiger partial charge in [-0.1, -0.05) is 38.5 Å². The Morgan fingerprint density at radius 1 is 0.889 bits per heavy atom. The maximum atomic E-state index is 10.0. The zero-order valence-electron chi connectivity index (χ0n) is 10.6. The fourth-order valence-electron chi connectivity index (χ4n) is 1.13. The van der Waals surface area contributed by atoms with Gasteiger partial charge in [0.2, 0.25) is 0 Å². The molecule has 0 heterocycles. The number of hydrogen-bond acceptors (Lipinski definition) is 1. The Bertz CT molecular complexity index is 484. The van der Waals surface area contributed by atoms with Crippen LogP contribution >= 0.6 is 0 Å². The molecule has 0 amide bonds. The fraction of sp³-hybridized carbons (Fsp3) is 0.438. The molecule has 0 aromatic rings. The number of unbranched alkanes of at least 4 members (excludes halogenated alkanes) is 5. The second kappa shape index (κ2) is 12.8. The van der Waals surface area contributed by atoms with Crippen molar-refractivity contribution in [2.45, 2.75) is 45.4 Å². The highest BCUT2D eigenvalue weighted by atomic mass is 16.4. The van der Waals surface area contributed by atoms with Crippen LogP contribution < -0.4 is 0 Å². The second-order valence-electron chi connectivity index (χ2n) is 3.52. The van der Waals surface area contributed by atoms with Crippen LogP contribution in [0.1, 0.15) is 45.4 Å². The first kappa shape index (κ1) is 15.7. The topological polar surface area (TPSA) is 37.3 Å². The minimum Gasteiger partial charge on any atom is -0.472 e. The largest absolute Gasteiger partial charge is 0.472 e. The van der Waals surface area contributed by atoms with Gasteiger partial charge in [0.15, 0.2) is 0 Å². The molecule has 0 spiro atoms. The molecule has 0 aromatic carbocycles. The van der Waals surface area contributed by atoms with Crippen LogP contribution in [-0.4, -0.2) is 11.1 Å². The normalized spacial score (nSPS) is 7.17. The number of hydrogen-bond donors (Lipinski definition) is 1. The van der Waals surface area contributed by atoms with Crippen molar-refractivity contribution in [2.75, 3.05) is 0 Å². The van der Waals surface area contributed by atoms with Gasteiger partial charge in [-0.25, -0.2) is 4.79 Å². The minimum atomic E-state index is -1.19. The zero-order chi connectivity index (χ0) is 13.5. The quantitative estimate of drug-likeness (QED) is 0.592. The molecule has 0 unspecified atom stereocenters. The van der Waals surface area contributed by atoms with Crippen molar-refractivity contribution in [3.05, 3.63) is 0 Å². The molecule has 0 aliphatic heterocycles. The SMILES string of the molecule is CCCCCCCC#CC#CC#CC#CC(=O)O. The van der Waals surface area contributed by atoms with Crippen LogP contribution in [0.25, 0.3) is 0 Å². The highest BCUT2D eigenvalue weighted by Crippen LogP contribution is 2.03. The van der Waals surface area contributed by atoms with Crippen LogP contribution in [0.4, 0.5) is 0 Å². The van der Waals surface area contributed by atoms with Gasteiger partial charge in [-0.05, 0) is 41.9 Å². The van der Waals surface area contributed by atoms with E-state index in [2.05, 4.69) is 48.4 Å². The lowest BCUT2D eigenvalue weighted by Gasteiger charge is -1.93. The molecule has 2 heteroatoms. The summed E-state index contributed by atoms with van der Waals surface area (Å²) in [4.78, 5) is 10.0. The Morgan fingerprint density at radius 3 is 2.17 bits per heavy atom. The van der Waals surface area contributed by atoms with E-state index in [0.29, 0.717) is 0 Å². The van der Waals surface area contributed by atoms with Crippen LogP contribution in [0.3, 0.4) is 0 Å². The summed E-state index contributed by atoms with van der Waals surface area (Å²) < 4.78 is 0. The van der Waals surface area contributed by atoms with E-state index in [1.54, 1.807) is 0 Å². The Morgan fingerprint density at radius 2 is 1.50 bits per heavy atom. The highest BCUT2D eigenvalue weighted by Gasteiger charge is 1.85. The van der Waals surface area contributed by atoms with Gasteiger partial charge in [0.25, 0.3) is 0 Å². The summed E-state index contributed by atoms with van der Waals surface area (Å²) in [5.74, 6) is 18.3. The van der Waals surface area contributed by atoms with Crippen molar-refractivity contribution in [2.24, 2.45) is 0 Å². The molecule has 0 aromatic heterocycles. The van der Waals surface area contributed by atoms with Gasteiger partial charge in [-0.15, -0.1) is 0 Å². The molecule has 0 bridgehead atoms. The molecule has 2 nitrogen and oxygen atoms in total. The molecule has 1 N–H and O–H groups in total. The summed E-state index contributed by atoms with van der Waals surface area (Å²) in [6.07, 6.45) is 7.02. The number of carboxylic acid groups (broad SMARTS) is 1. The van der Waals surface area contributed by atoms with Crippen LogP contribution in [0.2, 0.25) is 0 Å². The van der Waals surface area contributed by atoms with Gasteiger partial charge in [0, 0.05) is 12.3 Å². The van der Waals surface area contributed by atoms with Crippen LogP contribution in [0.15, 0.2) is 0 Å². The molecular weight excluding hydrogens is 224 g/mol. The Balaban J connectivity index is 3.72. The third-order valence-electron chi connectivity index (χ3n) is 1.98. The maximum absolute atomic E-state index is 10.0. The average Bonchev–Trinajstić information content (AvgIpc) is 2.34. The first-order valence-corrected chi connectivity index (χ1v) is 5.99. The van der Waals surface area contributed by atoms with E-state index < -0.39 is 5.97 Å². The van der Waals surface area contributed by atoms with Gasteiger partial charge >= 0.3 is 5.97 Å². The van der Waals surface area contributed by atoms with E-state index in [1.165, 1.54) is 25.7 Å². The van der Waals surface area contributed by atoms with Crippen molar-refractivity contribution in [1.82, 2.24) is 0 Å². The smallest absolute Gasteiger partial charge is 0.382 e. The maximum Gasteiger partial charge on any atom is 0.382 e. The van der Waals surface area contributed by atoms with E-state index in [9.17, 15) is 4.79 Å². The molecule has 0 saturated heterocycles. The molecule has 0 fully saturated rings. The predicted molar refractivity (Wildman–Crippen MR) is 72.1 cm³/mol. The monoisotopic (exact) mass is 240 g/mol. The van der Waals surface area contributed by atoms with Crippen LogP contribution in [-0.2, 0) is 4.79 Å². The number of aliphatic carboxylic acids is 1. The van der Waals surface area contributed by atoms with E-state index in [-0.39, 0.29) is 0 Å². The zero-order valence-corrected chi connectivity index (χ0v) is 10.6. The summed E-state index contributed by atoms with van der Waals surface area (Å²) in [5.41, 5.74) is 0. The van der Waals surface area contributed by atoms with Crippen molar-refractivity contribution in [1.29, 1.82) is 0 Å². The molecule has 0 saturated carbocycles. The van der Waals surface area contributed by atoms with Gasteiger partial charge < -0.3 is 5.11 Å². The number of rotatable bonds is 5. The standard InChI is InChI=1S/C16H16O2/c1-2-3-4-5-6-7-8-9-10-11-12-13-14-15-16(17)18/h2-7H2,1H3,(H,17,18). The first-order valence-electron chi connectivity index (χ1n) is 5.99. The second-order valence-corrected chi connectivity index (χ2v) is 3.52. The van der Waals surface area contributed by atoms with Gasteiger partial charge in [-0.2, -0.15) is 0 Å². The van der Waals surface area contributed by atoms with Gasteiger partial charge in [0.1, 0.15) is 0 Å². The Kier molecular flexibility index (Phi) is 11.2. The lowest BCUT2D eigenvalue weighted by molar-refractivity contribution is -0.130.